The third kappa shape index (κ3) is 4.51. The first-order chi connectivity index (χ1) is 17.8. The van der Waals surface area contributed by atoms with Gasteiger partial charge in [-0.1, -0.05) is 18.9 Å². The zero-order valence-electron chi connectivity index (χ0n) is 21.1. The minimum absolute atomic E-state index is 0.0337. The number of amides is 2. The molecule has 1 aliphatic carbocycles. The molecule has 3 heterocycles. The summed E-state index contributed by atoms with van der Waals surface area (Å²) in [7, 11) is 2.76. The van der Waals surface area contributed by atoms with E-state index < -0.39 is 11.9 Å². The van der Waals surface area contributed by atoms with Crippen molar-refractivity contribution in [3.05, 3.63) is 23.8 Å². The summed E-state index contributed by atoms with van der Waals surface area (Å²) in [4.78, 5) is 37.2. The molecule has 2 fully saturated rings. The van der Waals surface area contributed by atoms with E-state index in [0.717, 1.165) is 37.7 Å². The normalized spacial score (nSPS) is 23.5. The van der Waals surface area contributed by atoms with Crippen molar-refractivity contribution in [3.8, 4) is 11.5 Å². The Bertz CT molecular complexity index is 1270. The Labute approximate surface area is 214 Å². The summed E-state index contributed by atoms with van der Waals surface area (Å²) in [5.74, 6) is 0.175. The van der Waals surface area contributed by atoms with E-state index in [0.29, 0.717) is 36.6 Å². The Hall–Kier alpha value is -3.63. The highest BCUT2D eigenvalue weighted by Gasteiger charge is 2.45. The summed E-state index contributed by atoms with van der Waals surface area (Å²) in [5.41, 5.74) is 6.95. The highest BCUT2D eigenvalue weighted by molar-refractivity contribution is 5.92. The Morgan fingerprint density at radius 2 is 2.00 bits per heavy atom. The molecule has 5 rings (SSSR count). The number of nitrogens with two attached hydrogens (primary N) is 1. The van der Waals surface area contributed by atoms with Crippen LogP contribution in [0.25, 0.3) is 16.5 Å². The second kappa shape index (κ2) is 10.0. The van der Waals surface area contributed by atoms with Crippen LogP contribution < -0.4 is 15.2 Å². The largest absolute Gasteiger partial charge is 0.493 e. The summed E-state index contributed by atoms with van der Waals surface area (Å²) in [6.45, 7) is 0.781. The summed E-state index contributed by atoms with van der Waals surface area (Å²) < 4.78 is 25.5. The van der Waals surface area contributed by atoms with Crippen molar-refractivity contribution in [1.82, 2.24) is 19.8 Å². The molecule has 0 spiro atoms. The highest BCUT2D eigenvalue weighted by Crippen LogP contribution is 2.41. The zero-order valence-corrected chi connectivity index (χ0v) is 21.1. The fraction of sp³-hybridized carbons (Fsp3) is 0.538. The number of fused-ring (bicyclic) bond motifs is 2. The van der Waals surface area contributed by atoms with Crippen LogP contribution in [0.3, 0.4) is 0 Å². The second-order valence-electron chi connectivity index (χ2n) is 9.97. The number of ether oxygens (including phenoxy) is 2. The van der Waals surface area contributed by atoms with Crippen molar-refractivity contribution in [2.24, 2.45) is 5.92 Å². The van der Waals surface area contributed by atoms with Crippen LogP contribution in [0.1, 0.15) is 50.8 Å². The lowest BCUT2D eigenvalue weighted by molar-refractivity contribution is -0.131. The maximum absolute atomic E-state index is 15.1. The van der Waals surface area contributed by atoms with Crippen molar-refractivity contribution < 1.29 is 28.6 Å². The summed E-state index contributed by atoms with van der Waals surface area (Å²) >= 11 is 0. The molecule has 10 nitrogen and oxygen atoms in total. The average Bonchev–Trinajstić information content (AvgIpc) is 3.27. The third-order valence-electron chi connectivity index (χ3n) is 7.98. The number of methoxy groups -OCH3 is 2. The van der Waals surface area contributed by atoms with Crippen LogP contribution in [0.5, 0.6) is 11.5 Å². The predicted molar refractivity (Wildman–Crippen MR) is 135 cm³/mol. The molecule has 37 heavy (non-hydrogen) atoms. The molecule has 198 valence electrons. The van der Waals surface area contributed by atoms with Gasteiger partial charge in [0.25, 0.3) is 0 Å². The number of likely N-dealkylation sites (tertiary alicyclic amines) is 1. The van der Waals surface area contributed by atoms with Gasteiger partial charge in [0.05, 0.1) is 14.2 Å². The molecule has 1 aromatic heterocycles. The van der Waals surface area contributed by atoms with E-state index in [1.54, 1.807) is 11.0 Å². The van der Waals surface area contributed by atoms with Gasteiger partial charge in [-0.25, -0.2) is 19.2 Å². The number of rotatable bonds is 5. The molecule has 2 aromatic rings. The van der Waals surface area contributed by atoms with E-state index in [4.69, 9.17) is 15.2 Å². The molecule has 3 aliphatic rings. The van der Waals surface area contributed by atoms with Gasteiger partial charge in [-0.2, -0.15) is 0 Å². The van der Waals surface area contributed by atoms with E-state index in [-0.39, 0.29) is 47.2 Å². The van der Waals surface area contributed by atoms with Gasteiger partial charge in [0.1, 0.15) is 11.3 Å². The third-order valence-corrected chi connectivity index (χ3v) is 7.98. The lowest BCUT2D eigenvalue weighted by Crippen LogP contribution is -2.45. The number of halogens is 1. The molecule has 3 N–H and O–H groups in total. The van der Waals surface area contributed by atoms with Crippen LogP contribution in [0.2, 0.25) is 0 Å². The van der Waals surface area contributed by atoms with E-state index in [1.807, 2.05) is 6.08 Å². The summed E-state index contributed by atoms with van der Waals surface area (Å²) in [6, 6.07) is 1.31. The predicted octanol–water partition coefficient (Wildman–Crippen LogP) is 3.69. The van der Waals surface area contributed by atoms with Crippen molar-refractivity contribution in [2.45, 2.75) is 57.0 Å². The average molecular weight is 514 g/mol. The van der Waals surface area contributed by atoms with Gasteiger partial charge in [0.2, 0.25) is 5.91 Å². The molecule has 1 aromatic carbocycles. The molecule has 3 atom stereocenters. The van der Waals surface area contributed by atoms with Crippen molar-refractivity contribution in [2.75, 3.05) is 33.0 Å². The first-order valence-electron chi connectivity index (χ1n) is 12.7. The van der Waals surface area contributed by atoms with Crippen LogP contribution in [0.15, 0.2) is 12.1 Å². The molecular formula is C26H32FN5O5. The lowest BCUT2D eigenvalue weighted by Gasteiger charge is -2.32. The number of hydrogen-bond donors (Lipinski definition) is 2. The molecular weight excluding hydrogens is 481 g/mol. The zero-order chi connectivity index (χ0) is 26.3. The number of carbonyl (C=O) groups excluding carboxylic acids is 1. The van der Waals surface area contributed by atoms with Gasteiger partial charge < -0.3 is 30.1 Å². The Balaban J connectivity index is 1.32. The molecule has 0 bridgehead atoms. The smallest absolute Gasteiger partial charge is 0.407 e. The Kier molecular flexibility index (Phi) is 6.78. The molecule has 11 heteroatoms. The summed E-state index contributed by atoms with van der Waals surface area (Å²) in [5, 5.41) is 10.1. The van der Waals surface area contributed by atoms with Crippen LogP contribution >= 0.6 is 0 Å². The van der Waals surface area contributed by atoms with E-state index in [1.165, 1.54) is 19.1 Å². The fourth-order valence-corrected chi connectivity index (χ4v) is 6.17. The molecule has 1 saturated carbocycles. The van der Waals surface area contributed by atoms with Crippen LogP contribution in [-0.2, 0) is 4.79 Å². The van der Waals surface area contributed by atoms with Crippen LogP contribution in [0, 0.1) is 11.7 Å². The maximum Gasteiger partial charge on any atom is 0.407 e. The fourth-order valence-electron chi connectivity index (χ4n) is 6.17. The van der Waals surface area contributed by atoms with Crippen molar-refractivity contribution in [1.29, 1.82) is 0 Å². The number of carbonyl (C=O) groups is 2. The number of nitrogens with zero attached hydrogens (tertiary/aromatic N) is 4. The second-order valence-corrected chi connectivity index (χ2v) is 9.97. The molecule has 0 unspecified atom stereocenters. The number of aromatic nitrogens is 2. The van der Waals surface area contributed by atoms with Gasteiger partial charge in [0, 0.05) is 37.0 Å². The maximum atomic E-state index is 15.1. The minimum Gasteiger partial charge on any atom is -0.493 e. The van der Waals surface area contributed by atoms with Crippen molar-refractivity contribution >= 4 is 34.3 Å². The molecule has 0 radical (unpaired) electrons. The molecule has 1 saturated heterocycles. The Morgan fingerprint density at radius 1 is 1.22 bits per heavy atom. The monoisotopic (exact) mass is 513 g/mol. The first-order valence-corrected chi connectivity index (χ1v) is 12.7. The quantitative estimate of drug-likeness (QED) is 0.619. The van der Waals surface area contributed by atoms with Gasteiger partial charge in [0.15, 0.2) is 23.1 Å². The SMILES string of the molecule is COc1cc2c(N)nc(C3=CCN(C(=O)C[C@@H]4C[C@@H]5CCCC[C@@H]5N4C(=O)O)CC3)nc2c(F)c1OC. The molecule has 2 amide bonds. The van der Waals surface area contributed by atoms with E-state index in [9.17, 15) is 14.7 Å². The number of benzene rings is 1. The van der Waals surface area contributed by atoms with Gasteiger partial charge in [-0.15, -0.1) is 0 Å². The Morgan fingerprint density at radius 3 is 2.68 bits per heavy atom. The van der Waals surface area contributed by atoms with Gasteiger partial charge >= 0.3 is 6.09 Å². The number of carboxylic acid groups (broad SMARTS) is 1. The highest BCUT2D eigenvalue weighted by atomic mass is 19.1. The number of anilines is 1. The number of hydrogen-bond acceptors (Lipinski definition) is 7. The van der Waals surface area contributed by atoms with Gasteiger partial charge in [-0.3, -0.25) is 4.79 Å². The van der Waals surface area contributed by atoms with Crippen molar-refractivity contribution in [3.63, 3.8) is 0 Å². The van der Waals surface area contributed by atoms with Crippen LogP contribution in [-0.4, -0.2) is 76.3 Å². The van der Waals surface area contributed by atoms with Gasteiger partial charge in [-0.05, 0) is 43.2 Å². The summed E-state index contributed by atoms with van der Waals surface area (Å²) in [6.07, 6.45) is 6.41. The number of nitrogen functional groups attached to an aromatic ring is 1. The standard InChI is InChI=1S/C26H32FN5O5/c1-36-19-13-17-22(21(27)23(19)37-2)29-25(30-24(17)28)14-7-9-31(10-8-14)20(33)12-16-11-15-5-3-4-6-18(15)32(16)26(34)35/h7,13,15-16,18H,3-6,8-12H2,1-2H3,(H,34,35)(H2,28,29,30)/t15-,16-,18-/m0/s1. The minimum atomic E-state index is -0.930. The topological polar surface area (TPSA) is 131 Å². The van der Waals surface area contributed by atoms with E-state index >= 15 is 4.39 Å². The first kappa shape index (κ1) is 25.0. The lowest BCUT2D eigenvalue weighted by atomic mass is 9.84. The van der Waals surface area contributed by atoms with Crippen LogP contribution in [0.4, 0.5) is 15.0 Å². The van der Waals surface area contributed by atoms with E-state index in [2.05, 4.69) is 9.97 Å². The molecule has 2 aliphatic heterocycles.